The second-order valence-electron chi connectivity index (χ2n) is 3.18. The summed E-state index contributed by atoms with van der Waals surface area (Å²) in [6.07, 6.45) is 4.10. The van der Waals surface area contributed by atoms with Gasteiger partial charge in [-0.2, -0.15) is 0 Å². The molecule has 0 saturated carbocycles. The van der Waals surface area contributed by atoms with E-state index in [1.54, 1.807) is 7.11 Å². The number of anilines is 1. The summed E-state index contributed by atoms with van der Waals surface area (Å²) in [7, 11) is 3.62. The van der Waals surface area contributed by atoms with Gasteiger partial charge in [-0.25, -0.2) is 0 Å². The fraction of sp³-hybridized carbons (Fsp3) is 0.333. The third-order valence-corrected chi connectivity index (χ3v) is 2.12. The molecule has 0 amide bonds. The third-order valence-electron chi connectivity index (χ3n) is 2.12. The summed E-state index contributed by atoms with van der Waals surface area (Å²) >= 11 is 0. The number of rotatable bonds is 4. The summed E-state index contributed by atoms with van der Waals surface area (Å²) in [4.78, 5) is 0. The van der Waals surface area contributed by atoms with Crippen LogP contribution in [0.1, 0.15) is 11.1 Å². The minimum atomic E-state index is 0.660. The highest BCUT2D eigenvalue weighted by Gasteiger charge is 1.94. The van der Waals surface area contributed by atoms with Crippen molar-refractivity contribution in [2.24, 2.45) is 0 Å². The zero-order chi connectivity index (χ0) is 10.4. The summed E-state index contributed by atoms with van der Waals surface area (Å²) < 4.78 is 4.95. The number of aryl methyl sites for hydroxylation is 1. The normalized spacial score (nSPS) is 10.8. The van der Waals surface area contributed by atoms with Gasteiger partial charge in [0.2, 0.25) is 0 Å². The molecule has 1 N–H and O–H groups in total. The Balaban J connectivity index is 2.78. The Morgan fingerprint density at radius 1 is 1.43 bits per heavy atom. The Bertz CT molecular complexity index is 318. The first-order valence-electron chi connectivity index (χ1n) is 4.72. The first kappa shape index (κ1) is 10.8. The van der Waals surface area contributed by atoms with E-state index < -0.39 is 0 Å². The van der Waals surface area contributed by atoms with E-state index in [0.29, 0.717) is 6.61 Å². The molecule has 2 nitrogen and oxygen atoms in total. The van der Waals surface area contributed by atoms with E-state index in [0.717, 1.165) is 5.69 Å². The van der Waals surface area contributed by atoms with Gasteiger partial charge in [0, 0.05) is 19.8 Å². The molecule has 0 unspecified atom stereocenters. The van der Waals surface area contributed by atoms with Gasteiger partial charge in [-0.3, -0.25) is 0 Å². The average molecular weight is 191 g/mol. The Kier molecular flexibility index (Phi) is 4.20. The van der Waals surface area contributed by atoms with Crippen molar-refractivity contribution in [3.63, 3.8) is 0 Å². The smallest absolute Gasteiger partial charge is 0.0646 e. The maximum Gasteiger partial charge on any atom is 0.0646 e. The quantitative estimate of drug-likeness (QED) is 0.790. The number of hydrogen-bond acceptors (Lipinski definition) is 2. The molecule has 1 aromatic carbocycles. The molecule has 0 spiro atoms. The standard InChI is InChI=1S/C12H17NO/c1-10-9-12(13-2)7-6-11(10)5-4-8-14-3/h4-7,9,13H,8H2,1-3H3/b5-4+. The predicted octanol–water partition coefficient (Wildman–Crippen LogP) is 2.70. The molecule has 0 aliphatic heterocycles. The molecule has 0 bridgehead atoms. The van der Waals surface area contributed by atoms with Gasteiger partial charge in [0.25, 0.3) is 0 Å². The third kappa shape index (κ3) is 2.89. The topological polar surface area (TPSA) is 21.3 Å². The van der Waals surface area contributed by atoms with E-state index in [4.69, 9.17) is 4.74 Å². The fourth-order valence-electron chi connectivity index (χ4n) is 1.29. The minimum Gasteiger partial charge on any atom is -0.388 e. The molecule has 0 radical (unpaired) electrons. The van der Waals surface area contributed by atoms with Crippen LogP contribution in [0.15, 0.2) is 24.3 Å². The van der Waals surface area contributed by atoms with Crippen LogP contribution < -0.4 is 5.32 Å². The largest absolute Gasteiger partial charge is 0.388 e. The second kappa shape index (κ2) is 5.45. The van der Waals surface area contributed by atoms with Gasteiger partial charge in [0.05, 0.1) is 6.61 Å². The molecular formula is C12H17NO. The van der Waals surface area contributed by atoms with Crippen molar-refractivity contribution in [2.45, 2.75) is 6.92 Å². The molecule has 0 fully saturated rings. The van der Waals surface area contributed by atoms with Crippen LogP contribution in [-0.4, -0.2) is 20.8 Å². The van der Waals surface area contributed by atoms with Gasteiger partial charge in [0.1, 0.15) is 0 Å². The Hall–Kier alpha value is -1.28. The number of nitrogens with one attached hydrogen (secondary N) is 1. The lowest BCUT2D eigenvalue weighted by Gasteiger charge is -2.04. The number of hydrogen-bond donors (Lipinski definition) is 1. The lowest BCUT2D eigenvalue weighted by atomic mass is 10.1. The summed E-state index contributed by atoms with van der Waals surface area (Å²) in [5, 5.41) is 3.11. The molecular weight excluding hydrogens is 174 g/mol. The lowest BCUT2D eigenvalue weighted by Crippen LogP contribution is -1.90. The monoisotopic (exact) mass is 191 g/mol. The lowest BCUT2D eigenvalue weighted by molar-refractivity contribution is 0.234. The molecule has 0 saturated heterocycles. The van der Waals surface area contributed by atoms with Crippen LogP contribution in [0.2, 0.25) is 0 Å². The summed E-state index contributed by atoms with van der Waals surface area (Å²) in [5.41, 5.74) is 3.65. The summed E-state index contributed by atoms with van der Waals surface area (Å²) in [5.74, 6) is 0. The molecule has 76 valence electrons. The second-order valence-corrected chi connectivity index (χ2v) is 3.18. The molecule has 0 heterocycles. The van der Waals surface area contributed by atoms with E-state index in [2.05, 4.69) is 36.5 Å². The summed E-state index contributed by atoms with van der Waals surface area (Å²) in [6.45, 7) is 2.76. The molecule has 1 aromatic rings. The Morgan fingerprint density at radius 3 is 2.79 bits per heavy atom. The average Bonchev–Trinajstić information content (AvgIpc) is 2.20. The zero-order valence-electron chi connectivity index (χ0n) is 9.00. The van der Waals surface area contributed by atoms with Crippen LogP contribution in [0.5, 0.6) is 0 Å². The maximum atomic E-state index is 4.95. The van der Waals surface area contributed by atoms with Crippen LogP contribution in [0.3, 0.4) is 0 Å². The van der Waals surface area contributed by atoms with Gasteiger partial charge < -0.3 is 10.1 Å². The van der Waals surface area contributed by atoms with Crippen LogP contribution in [-0.2, 0) is 4.74 Å². The van der Waals surface area contributed by atoms with E-state index in [-0.39, 0.29) is 0 Å². The predicted molar refractivity (Wildman–Crippen MR) is 61.6 cm³/mol. The van der Waals surface area contributed by atoms with Crippen molar-refractivity contribution in [2.75, 3.05) is 26.1 Å². The van der Waals surface area contributed by atoms with Crippen LogP contribution in [0.25, 0.3) is 6.08 Å². The number of ether oxygens (including phenoxy) is 1. The Labute approximate surface area is 85.6 Å². The van der Waals surface area contributed by atoms with Gasteiger partial charge in [0.15, 0.2) is 0 Å². The van der Waals surface area contributed by atoms with E-state index >= 15 is 0 Å². The SMILES string of the molecule is CNc1ccc(/C=C/COC)c(C)c1. The summed E-state index contributed by atoms with van der Waals surface area (Å²) in [6, 6.07) is 6.30. The van der Waals surface area contributed by atoms with Crippen LogP contribution in [0.4, 0.5) is 5.69 Å². The van der Waals surface area contributed by atoms with Crippen molar-refractivity contribution in [1.29, 1.82) is 0 Å². The molecule has 0 aliphatic carbocycles. The maximum absolute atomic E-state index is 4.95. The van der Waals surface area contributed by atoms with Crippen LogP contribution in [0, 0.1) is 6.92 Å². The van der Waals surface area contributed by atoms with Crippen molar-refractivity contribution < 1.29 is 4.74 Å². The highest BCUT2D eigenvalue weighted by molar-refractivity contribution is 5.59. The molecule has 0 aromatic heterocycles. The van der Waals surface area contributed by atoms with E-state index in [1.807, 2.05) is 13.1 Å². The number of benzene rings is 1. The fourth-order valence-corrected chi connectivity index (χ4v) is 1.29. The Morgan fingerprint density at radius 2 is 2.21 bits per heavy atom. The highest BCUT2D eigenvalue weighted by Crippen LogP contribution is 2.15. The van der Waals surface area contributed by atoms with E-state index in [9.17, 15) is 0 Å². The molecule has 2 heteroatoms. The molecule has 0 aliphatic rings. The molecule has 1 rings (SSSR count). The molecule has 0 atom stereocenters. The zero-order valence-corrected chi connectivity index (χ0v) is 9.00. The van der Waals surface area contributed by atoms with Crippen molar-refractivity contribution in [1.82, 2.24) is 0 Å². The van der Waals surface area contributed by atoms with E-state index in [1.165, 1.54) is 11.1 Å². The van der Waals surface area contributed by atoms with Gasteiger partial charge in [-0.15, -0.1) is 0 Å². The van der Waals surface area contributed by atoms with Crippen molar-refractivity contribution in [3.05, 3.63) is 35.4 Å². The highest BCUT2D eigenvalue weighted by atomic mass is 16.5. The van der Waals surface area contributed by atoms with Gasteiger partial charge >= 0.3 is 0 Å². The number of methoxy groups -OCH3 is 1. The molecule has 14 heavy (non-hydrogen) atoms. The minimum absolute atomic E-state index is 0.660. The first-order chi connectivity index (χ1) is 6.77. The van der Waals surface area contributed by atoms with Crippen molar-refractivity contribution >= 4 is 11.8 Å². The van der Waals surface area contributed by atoms with Crippen molar-refractivity contribution in [3.8, 4) is 0 Å². The first-order valence-corrected chi connectivity index (χ1v) is 4.72. The van der Waals surface area contributed by atoms with Gasteiger partial charge in [-0.1, -0.05) is 18.2 Å². The van der Waals surface area contributed by atoms with Crippen LogP contribution >= 0.6 is 0 Å². The van der Waals surface area contributed by atoms with Gasteiger partial charge in [-0.05, 0) is 30.2 Å².